The van der Waals surface area contributed by atoms with E-state index in [2.05, 4.69) is 10.00 Å². The number of likely N-dealkylation sites (tertiary alicyclic amines) is 1. The van der Waals surface area contributed by atoms with Crippen molar-refractivity contribution in [1.82, 2.24) is 14.7 Å². The van der Waals surface area contributed by atoms with Crippen molar-refractivity contribution in [2.24, 2.45) is 5.92 Å². The minimum Gasteiger partial charge on any atom is -0.491 e. The molecule has 130 valence electrons. The number of rotatable bonds is 7. The number of ether oxygens (including phenoxy) is 1. The van der Waals surface area contributed by atoms with Gasteiger partial charge < -0.3 is 14.7 Å². The first-order chi connectivity index (χ1) is 11.7. The Labute approximate surface area is 143 Å². The molecule has 1 aromatic heterocycles. The molecule has 0 spiro atoms. The average molecular weight is 329 g/mol. The number of aryl methyl sites for hydroxylation is 1. The van der Waals surface area contributed by atoms with Crippen molar-refractivity contribution >= 4 is 0 Å². The molecule has 2 aromatic rings. The van der Waals surface area contributed by atoms with E-state index in [1.165, 1.54) is 5.56 Å². The largest absolute Gasteiger partial charge is 0.491 e. The van der Waals surface area contributed by atoms with Gasteiger partial charge in [0.1, 0.15) is 18.5 Å². The van der Waals surface area contributed by atoms with Gasteiger partial charge in [0, 0.05) is 25.5 Å². The van der Waals surface area contributed by atoms with Crippen molar-refractivity contribution in [3.63, 3.8) is 0 Å². The highest BCUT2D eigenvalue weighted by Crippen LogP contribution is 2.19. The maximum atomic E-state index is 10.2. The predicted octanol–water partition coefficient (Wildman–Crippen LogP) is 2.34. The topological polar surface area (TPSA) is 50.5 Å². The normalized spacial score (nSPS) is 17.8. The Morgan fingerprint density at radius 1 is 1.29 bits per heavy atom. The van der Waals surface area contributed by atoms with Crippen LogP contribution < -0.4 is 4.74 Å². The summed E-state index contributed by atoms with van der Waals surface area (Å²) >= 11 is 0. The molecule has 0 saturated carbocycles. The first-order valence-corrected chi connectivity index (χ1v) is 8.76. The lowest BCUT2D eigenvalue weighted by atomic mass is 9.96. The van der Waals surface area contributed by atoms with Crippen LogP contribution in [0.25, 0.3) is 0 Å². The number of hydrogen-bond donors (Lipinski definition) is 1. The van der Waals surface area contributed by atoms with E-state index in [-0.39, 0.29) is 0 Å². The Hall–Kier alpha value is -1.85. The lowest BCUT2D eigenvalue weighted by Crippen LogP contribution is -2.41. The summed E-state index contributed by atoms with van der Waals surface area (Å²) in [6, 6.07) is 9.91. The molecule has 24 heavy (non-hydrogen) atoms. The molecule has 1 saturated heterocycles. The third-order valence-electron chi connectivity index (χ3n) is 4.61. The van der Waals surface area contributed by atoms with Crippen LogP contribution in [0.4, 0.5) is 0 Å². The molecule has 1 aromatic carbocycles. The summed E-state index contributed by atoms with van der Waals surface area (Å²) in [5.41, 5.74) is 1.17. The summed E-state index contributed by atoms with van der Waals surface area (Å²) in [6.45, 7) is 6.13. The van der Waals surface area contributed by atoms with Gasteiger partial charge in [-0.3, -0.25) is 4.68 Å². The van der Waals surface area contributed by atoms with Gasteiger partial charge in [-0.1, -0.05) is 12.1 Å². The van der Waals surface area contributed by atoms with E-state index >= 15 is 0 Å². The van der Waals surface area contributed by atoms with Crippen LogP contribution in [0, 0.1) is 12.8 Å². The molecule has 0 bridgehead atoms. The molecule has 2 heterocycles. The number of aromatic nitrogens is 2. The molecule has 0 radical (unpaired) electrons. The molecule has 5 heteroatoms. The summed E-state index contributed by atoms with van der Waals surface area (Å²) in [5.74, 6) is 1.51. The SMILES string of the molecule is Cc1cccc(OC[C@@H](O)CN2CCC(Cn3cccn3)CC2)c1. The molecule has 0 aliphatic carbocycles. The Kier molecular flexibility index (Phi) is 5.88. The van der Waals surface area contributed by atoms with Gasteiger partial charge in [-0.2, -0.15) is 5.10 Å². The van der Waals surface area contributed by atoms with Gasteiger partial charge in [-0.05, 0) is 62.5 Å². The highest BCUT2D eigenvalue weighted by atomic mass is 16.5. The van der Waals surface area contributed by atoms with Gasteiger partial charge in [0.25, 0.3) is 0 Å². The molecular weight excluding hydrogens is 302 g/mol. The molecule has 0 amide bonds. The van der Waals surface area contributed by atoms with E-state index in [9.17, 15) is 5.11 Å². The lowest BCUT2D eigenvalue weighted by molar-refractivity contribution is 0.0533. The second kappa shape index (κ2) is 8.31. The molecule has 1 atom stereocenters. The number of aliphatic hydroxyl groups is 1. The van der Waals surface area contributed by atoms with Crippen molar-refractivity contribution < 1.29 is 9.84 Å². The second-order valence-electron chi connectivity index (χ2n) is 6.75. The Morgan fingerprint density at radius 3 is 2.83 bits per heavy atom. The summed E-state index contributed by atoms with van der Waals surface area (Å²) in [7, 11) is 0. The maximum absolute atomic E-state index is 10.2. The van der Waals surface area contributed by atoms with Crippen LogP contribution in [0.15, 0.2) is 42.7 Å². The molecule has 5 nitrogen and oxygen atoms in total. The molecule has 1 N–H and O–H groups in total. The average Bonchev–Trinajstić information content (AvgIpc) is 3.08. The van der Waals surface area contributed by atoms with Crippen molar-refractivity contribution in [3.05, 3.63) is 48.3 Å². The third kappa shape index (κ3) is 5.08. The molecule has 0 unspecified atom stereocenters. The molecule has 3 rings (SSSR count). The lowest BCUT2D eigenvalue weighted by Gasteiger charge is -2.33. The van der Waals surface area contributed by atoms with Crippen LogP contribution in [-0.2, 0) is 6.54 Å². The zero-order valence-electron chi connectivity index (χ0n) is 14.3. The Balaban J connectivity index is 1.36. The highest BCUT2D eigenvalue weighted by molar-refractivity contribution is 5.27. The van der Waals surface area contributed by atoms with Gasteiger partial charge in [0.2, 0.25) is 0 Å². The molecule has 1 fully saturated rings. The van der Waals surface area contributed by atoms with Gasteiger partial charge in [-0.15, -0.1) is 0 Å². The van der Waals surface area contributed by atoms with E-state index in [0.717, 1.165) is 38.2 Å². The summed E-state index contributed by atoms with van der Waals surface area (Å²) < 4.78 is 7.71. The highest BCUT2D eigenvalue weighted by Gasteiger charge is 2.21. The molecule has 1 aliphatic rings. The fourth-order valence-corrected chi connectivity index (χ4v) is 3.27. The minimum absolute atomic E-state index is 0.344. The third-order valence-corrected chi connectivity index (χ3v) is 4.61. The van der Waals surface area contributed by atoms with Crippen molar-refractivity contribution in [1.29, 1.82) is 0 Å². The van der Waals surface area contributed by atoms with E-state index < -0.39 is 6.10 Å². The smallest absolute Gasteiger partial charge is 0.119 e. The number of benzene rings is 1. The van der Waals surface area contributed by atoms with Crippen LogP contribution in [0.2, 0.25) is 0 Å². The number of piperidine rings is 1. The van der Waals surface area contributed by atoms with Crippen LogP contribution in [0.5, 0.6) is 5.75 Å². The van der Waals surface area contributed by atoms with Crippen LogP contribution in [-0.4, -0.2) is 52.1 Å². The van der Waals surface area contributed by atoms with Gasteiger partial charge in [0.05, 0.1) is 0 Å². The van der Waals surface area contributed by atoms with Crippen LogP contribution in [0.1, 0.15) is 18.4 Å². The number of β-amino-alcohol motifs (C(OH)–C–C–N with tert-alkyl or cyclic N) is 1. The van der Waals surface area contributed by atoms with Crippen LogP contribution in [0.3, 0.4) is 0 Å². The first-order valence-electron chi connectivity index (χ1n) is 8.76. The predicted molar refractivity (Wildman–Crippen MR) is 94.1 cm³/mol. The quantitative estimate of drug-likeness (QED) is 0.847. The van der Waals surface area contributed by atoms with Gasteiger partial charge in [-0.25, -0.2) is 0 Å². The minimum atomic E-state index is -0.451. The molecular formula is C19H27N3O2. The number of aliphatic hydroxyl groups excluding tert-OH is 1. The summed E-state index contributed by atoms with van der Waals surface area (Å²) in [5, 5.41) is 14.5. The maximum Gasteiger partial charge on any atom is 0.119 e. The van der Waals surface area contributed by atoms with E-state index in [0.29, 0.717) is 19.1 Å². The van der Waals surface area contributed by atoms with Crippen molar-refractivity contribution in [2.45, 2.75) is 32.4 Å². The fraction of sp³-hybridized carbons (Fsp3) is 0.526. The van der Waals surface area contributed by atoms with Crippen LogP contribution >= 0.6 is 0 Å². The number of hydrogen-bond acceptors (Lipinski definition) is 4. The Morgan fingerprint density at radius 2 is 2.12 bits per heavy atom. The summed E-state index contributed by atoms with van der Waals surface area (Å²) in [4.78, 5) is 2.34. The fourth-order valence-electron chi connectivity index (χ4n) is 3.27. The monoisotopic (exact) mass is 329 g/mol. The van der Waals surface area contributed by atoms with E-state index in [1.54, 1.807) is 0 Å². The van der Waals surface area contributed by atoms with Crippen molar-refractivity contribution in [3.8, 4) is 5.75 Å². The van der Waals surface area contributed by atoms with E-state index in [4.69, 9.17) is 4.74 Å². The van der Waals surface area contributed by atoms with Gasteiger partial charge in [0.15, 0.2) is 0 Å². The van der Waals surface area contributed by atoms with Crippen molar-refractivity contribution in [2.75, 3.05) is 26.2 Å². The Bertz CT molecular complexity index is 607. The second-order valence-corrected chi connectivity index (χ2v) is 6.75. The zero-order chi connectivity index (χ0) is 16.8. The van der Waals surface area contributed by atoms with Gasteiger partial charge >= 0.3 is 0 Å². The standard InChI is InChI=1S/C19H27N3O2/c1-16-4-2-5-19(12-16)24-15-18(23)14-21-10-6-17(7-11-21)13-22-9-3-8-20-22/h2-5,8-9,12,17-18,23H,6-7,10-11,13-15H2,1H3/t18-/m0/s1. The van der Waals surface area contributed by atoms with E-state index in [1.807, 2.05) is 54.3 Å². The number of nitrogens with zero attached hydrogens (tertiary/aromatic N) is 3. The first kappa shape index (κ1) is 17.0. The molecule has 1 aliphatic heterocycles. The summed E-state index contributed by atoms with van der Waals surface area (Å²) in [6.07, 6.45) is 5.72. The zero-order valence-corrected chi connectivity index (χ0v) is 14.3.